The molecule has 4 heteroatoms. The highest BCUT2D eigenvalue weighted by Gasteiger charge is 2.15. The van der Waals surface area contributed by atoms with Crippen LogP contribution in [0, 0.1) is 11.7 Å². The zero-order valence-electron chi connectivity index (χ0n) is 12.2. The molecule has 0 bridgehead atoms. The van der Waals surface area contributed by atoms with Crippen LogP contribution in [0.2, 0.25) is 0 Å². The van der Waals surface area contributed by atoms with E-state index in [1.165, 1.54) is 6.07 Å². The molecule has 0 fully saturated rings. The van der Waals surface area contributed by atoms with Crippen molar-refractivity contribution in [3.8, 4) is 5.75 Å². The Morgan fingerprint density at radius 3 is 2.58 bits per heavy atom. The normalized spacial score (nSPS) is 12.7. The molecule has 1 unspecified atom stereocenters. The number of benzene rings is 1. The molecule has 2 nitrogen and oxygen atoms in total. The molecule has 108 valence electrons. The van der Waals surface area contributed by atoms with E-state index >= 15 is 0 Å². The fourth-order valence-electron chi connectivity index (χ4n) is 1.84. The third-order valence-electron chi connectivity index (χ3n) is 2.77. The van der Waals surface area contributed by atoms with Crippen molar-refractivity contribution in [1.29, 1.82) is 0 Å². The second kappa shape index (κ2) is 8.43. The first kappa shape index (κ1) is 16.3. The van der Waals surface area contributed by atoms with Gasteiger partial charge in [0, 0.05) is 23.4 Å². The summed E-state index contributed by atoms with van der Waals surface area (Å²) in [5.74, 6) is 3.00. The van der Waals surface area contributed by atoms with Crippen LogP contribution in [0.25, 0.3) is 0 Å². The Kier molecular flexibility index (Phi) is 7.24. The summed E-state index contributed by atoms with van der Waals surface area (Å²) < 4.78 is 19.1. The van der Waals surface area contributed by atoms with Crippen LogP contribution in [-0.4, -0.2) is 25.2 Å². The first-order chi connectivity index (χ1) is 9.08. The van der Waals surface area contributed by atoms with Crippen molar-refractivity contribution in [3.05, 3.63) is 29.6 Å². The molecule has 1 aromatic carbocycles. The van der Waals surface area contributed by atoms with Crippen molar-refractivity contribution in [1.82, 2.24) is 5.32 Å². The lowest BCUT2D eigenvalue weighted by Gasteiger charge is -2.19. The topological polar surface area (TPSA) is 21.3 Å². The molecule has 0 heterocycles. The monoisotopic (exact) mass is 285 g/mol. The van der Waals surface area contributed by atoms with Gasteiger partial charge in [-0.25, -0.2) is 4.39 Å². The Morgan fingerprint density at radius 1 is 1.32 bits per heavy atom. The van der Waals surface area contributed by atoms with Crippen molar-refractivity contribution in [2.75, 3.05) is 25.2 Å². The Hall–Kier alpha value is -0.740. The number of ether oxygens (including phenoxy) is 1. The summed E-state index contributed by atoms with van der Waals surface area (Å²) in [6, 6.07) is 5.14. The first-order valence-corrected chi connectivity index (χ1v) is 7.88. The van der Waals surface area contributed by atoms with Crippen LogP contribution in [0.1, 0.15) is 32.4 Å². The van der Waals surface area contributed by atoms with Crippen LogP contribution in [0.5, 0.6) is 5.75 Å². The van der Waals surface area contributed by atoms with Crippen molar-refractivity contribution in [3.63, 3.8) is 0 Å². The number of hydrogen-bond acceptors (Lipinski definition) is 3. The van der Waals surface area contributed by atoms with Crippen molar-refractivity contribution in [2.24, 2.45) is 5.92 Å². The van der Waals surface area contributed by atoms with Crippen molar-refractivity contribution < 1.29 is 9.13 Å². The zero-order chi connectivity index (χ0) is 14.3. The maximum Gasteiger partial charge on any atom is 0.131 e. The standard InChI is InChI=1S/C15H24FNOS/c1-5-17-15(10-19-9-11(2)3)13-7-6-12(18-4)8-14(13)16/h6-8,11,15,17H,5,9-10H2,1-4H3. The van der Waals surface area contributed by atoms with Crippen molar-refractivity contribution >= 4 is 11.8 Å². The number of nitrogens with one attached hydrogen (secondary N) is 1. The minimum absolute atomic E-state index is 0.0552. The van der Waals surface area contributed by atoms with Gasteiger partial charge in [-0.15, -0.1) is 0 Å². The smallest absolute Gasteiger partial charge is 0.131 e. The number of thioether (sulfide) groups is 1. The fraction of sp³-hybridized carbons (Fsp3) is 0.600. The lowest BCUT2D eigenvalue weighted by molar-refractivity contribution is 0.409. The minimum atomic E-state index is -0.199. The summed E-state index contributed by atoms with van der Waals surface area (Å²) in [6.45, 7) is 7.27. The predicted octanol–water partition coefficient (Wildman–Crippen LogP) is 3.87. The van der Waals surface area contributed by atoms with Crippen LogP contribution >= 0.6 is 11.8 Å². The summed E-state index contributed by atoms with van der Waals surface area (Å²) in [7, 11) is 1.55. The van der Waals surface area contributed by atoms with Crippen LogP contribution in [-0.2, 0) is 0 Å². The van der Waals surface area contributed by atoms with Crippen LogP contribution in [0.4, 0.5) is 4.39 Å². The third-order valence-corrected chi connectivity index (χ3v) is 4.24. The lowest BCUT2D eigenvalue weighted by atomic mass is 10.1. The molecule has 1 aromatic rings. The average molecular weight is 285 g/mol. The van der Waals surface area contributed by atoms with E-state index in [1.807, 2.05) is 30.8 Å². The molecule has 1 N–H and O–H groups in total. The summed E-state index contributed by atoms with van der Waals surface area (Å²) in [4.78, 5) is 0. The summed E-state index contributed by atoms with van der Waals surface area (Å²) in [5.41, 5.74) is 0.721. The second-order valence-electron chi connectivity index (χ2n) is 4.93. The molecule has 0 saturated carbocycles. The van der Waals surface area contributed by atoms with E-state index in [0.717, 1.165) is 23.6 Å². The molecule has 1 rings (SSSR count). The zero-order valence-corrected chi connectivity index (χ0v) is 13.0. The van der Waals surface area contributed by atoms with Gasteiger partial charge in [0.15, 0.2) is 0 Å². The highest BCUT2D eigenvalue weighted by atomic mass is 32.2. The molecule has 19 heavy (non-hydrogen) atoms. The van der Waals surface area contributed by atoms with Gasteiger partial charge in [-0.1, -0.05) is 26.8 Å². The highest BCUT2D eigenvalue weighted by molar-refractivity contribution is 7.99. The van der Waals surface area contributed by atoms with Gasteiger partial charge in [0.05, 0.1) is 7.11 Å². The Labute approximate surface area is 120 Å². The molecular formula is C15H24FNOS. The van der Waals surface area contributed by atoms with Crippen LogP contribution < -0.4 is 10.1 Å². The van der Waals surface area contributed by atoms with Gasteiger partial charge in [0.1, 0.15) is 11.6 Å². The van der Waals surface area contributed by atoms with Gasteiger partial charge in [0.2, 0.25) is 0 Å². The van der Waals surface area contributed by atoms with Gasteiger partial charge >= 0.3 is 0 Å². The van der Waals surface area contributed by atoms with Gasteiger partial charge in [-0.05, 0) is 24.3 Å². The predicted molar refractivity (Wildman–Crippen MR) is 81.5 cm³/mol. The number of methoxy groups -OCH3 is 1. The highest BCUT2D eigenvalue weighted by Crippen LogP contribution is 2.25. The third kappa shape index (κ3) is 5.41. The van der Waals surface area contributed by atoms with Crippen LogP contribution in [0.15, 0.2) is 18.2 Å². The van der Waals surface area contributed by atoms with Gasteiger partial charge in [-0.2, -0.15) is 11.8 Å². The number of rotatable bonds is 8. The molecule has 0 aliphatic heterocycles. The van der Waals surface area contributed by atoms with Gasteiger partial charge in [0.25, 0.3) is 0 Å². The molecule has 0 spiro atoms. The molecule has 0 radical (unpaired) electrons. The quantitative estimate of drug-likeness (QED) is 0.783. The molecule has 0 aromatic heterocycles. The molecule has 0 aliphatic rings. The number of halogens is 1. The molecule has 0 amide bonds. The lowest BCUT2D eigenvalue weighted by Crippen LogP contribution is -2.24. The largest absolute Gasteiger partial charge is 0.497 e. The SMILES string of the molecule is CCNC(CSCC(C)C)c1ccc(OC)cc1F. The average Bonchev–Trinajstić information content (AvgIpc) is 2.37. The molecule has 0 saturated heterocycles. The molecule has 1 atom stereocenters. The molecular weight excluding hydrogens is 261 g/mol. The first-order valence-electron chi connectivity index (χ1n) is 6.73. The van der Waals surface area contributed by atoms with E-state index in [2.05, 4.69) is 19.2 Å². The van der Waals surface area contributed by atoms with Crippen LogP contribution in [0.3, 0.4) is 0 Å². The van der Waals surface area contributed by atoms with E-state index in [9.17, 15) is 4.39 Å². The second-order valence-corrected chi connectivity index (χ2v) is 6.00. The number of hydrogen-bond donors (Lipinski definition) is 1. The summed E-state index contributed by atoms with van der Waals surface area (Å²) >= 11 is 1.86. The maximum atomic E-state index is 14.1. The van der Waals surface area contributed by atoms with Gasteiger partial charge < -0.3 is 10.1 Å². The summed E-state index contributed by atoms with van der Waals surface area (Å²) in [6.07, 6.45) is 0. The van der Waals surface area contributed by atoms with E-state index < -0.39 is 0 Å². The Balaban J connectivity index is 2.74. The van der Waals surface area contributed by atoms with E-state index in [0.29, 0.717) is 11.7 Å². The Morgan fingerprint density at radius 2 is 2.05 bits per heavy atom. The van der Waals surface area contributed by atoms with E-state index in [-0.39, 0.29) is 11.9 Å². The summed E-state index contributed by atoms with van der Waals surface area (Å²) in [5, 5.41) is 3.35. The maximum absolute atomic E-state index is 14.1. The van der Waals surface area contributed by atoms with E-state index in [1.54, 1.807) is 7.11 Å². The Bertz CT molecular complexity index is 384. The van der Waals surface area contributed by atoms with Crippen molar-refractivity contribution in [2.45, 2.75) is 26.8 Å². The molecule has 0 aliphatic carbocycles. The minimum Gasteiger partial charge on any atom is -0.497 e. The fourth-order valence-corrected chi connectivity index (χ4v) is 2.98. The van der Waals surface area contributed by atoms with E-state index in [4.69, 9.17) is 4.74 Å². The van der Waals surface area contributed by atoms with Gasteiger partial charge in [-0.3, -0.25) is 0 Å².